The Bertz CT molecular complexity index is 761. The van der Waals surface area contributed by atoms with Gasteiger partial charge in [0.05, 0.1) is 25.8 Å². The fraction of sp³-hybridized carbons (Fsp3) is 0.316. The molecule has 2 aliphatic rings. The summed E-state index contributed by atoms with van der Waals surface area (Å²) < 4.78 is 17.0. The molecular formula is C19H18N2O3. The molecule has 0 unspecified atom stereocenters. The van der Waals surface area contributed by atoms with Gasteiger partial charge in [0.25, 0.3) is 0 Å². The summed E-state index contributed by atoms with van der Waals surface area (Å²) in [6.45, 7) is 3.17. The molecule has 24 heavy (non-hydrogen) atoms. The average Bonchev–Trinajstić information content (AvgIpc) is 2.61. The van der Waals surface area contributed by atoms with Gasteiger partial charge in [-0.3, -0.25) is 0 Å². The third-order valence-electron chi connectivity index (χ3n) is 4.30. The lowest BCUT2D eigenvalue weighted by atomic mass is 10.0. The lowest BCUT2D eigenvalue weighted by molar-refractivity contribution is -0.0400. The predicted molar refractivity (Wildman–Crippen MR) is 88.6 cm³/mol. The van der Waals surface area contributed by atoms with Crippen molar-refractivity contribution in [2.24, 2.45) is 0 Å². The molecule has 0 N–H and O–H groups in total. The Morgan fingerprint density at radius 2 is 1.71 bits per heavy atom. The van der Waals surface area contributed by atoms with Crippen molar-refractivity contribution < 1.29 is 14.2 Å². The number of fused-ring (bicyclic) bond motifs is 1. The average molecular weight is 322 g/mol. The van der Waals surface area contributed by atoms with Crippen LogP contribution in [0.2, 0.25) is 0 Å². The Hall–Kier alpha value is -2.71. The zero-order valence-corrected chi connectivity index (χ0v) is 13.3. The topological polar surface area (TPSA) is 54.7 Å². The van der Waals surface area contributed by atoms with Crippen molar-refractivity contribution >= 4 is 0 Å². The van der Waals surface area contributed by atoms with E-state index in [9.17, 15) is 0 Å². The maximum Gasteiger partial charge on any atom is 0.179 e. The van der Waals surface area contributed by atoms with Gasteiger partial charge in [-0.15, -0.1) is 0 Å². The lowest BCUT2D eigenvalue weighted by Gasteiger charge is -2.34. The Balaban J connectivity index is 1.40. The third kappa shape index (κ3) is 3.01. The number of nitriles is 1. The van der Waals surface area contributed by atoms with Gasteiger partial charge in [-0.25, -0.2) is 0 Å². The summed E-state index contributed by atoms with van der Waals surface area (Å²) in [5.41, 5.74) is 3.37. The van der Waals surface area contributed by atoms with Crippen molar-refractivity contribution in [3.8, 4) is 28.8 Å². The minimum atomic E-state index is 0.169. The number of ether oxygens (including phenoxy) is 3. The standard InChI is InChI=1S/C19H18N2O3/c20-13-21-10-17(11-21)24-12-14-1-3-15(4-2-14)16-5-6-18-19(9-16)23-8-7-22-18/h1-6,9,17H,7-8,10-12H2. The molecule has 2 heterocycles. The first kappa shape index (κ1) is 14.9. The zero-order valence-electron chi connectivity index (χ0n) is 13.3. The first-order valence-corrected chi connectivity index (χ1v) is 8.07. The Kier molecular flexibility index (Phi) is 3.97. The largest absolute Gasteiger partial charge is 0.486 e. The van der Waals surface area contributed by atoms with Crippen LogP contribution in [-0.2, 0) is 11.3 Å². The normalized spacial score (nSPS) is 16.4. The molecule has 1 saturated heterocycles. The van der Waals surface area contributed by atoms with Gasteiger partial charge in [-0.05, 0) is 28.8 Å². The number of nitrogens with zero attached hydrogens (tertiary/aromatic N) is 2. The SMILES string of the molecule is N#CN1CC(OCc2ccc(-c3ccc4c(c3)OCCO4)cc2)C1. The maximum absolute atomic E-state index is 8.71. The summed E-state index contributed by atoms with van der Waals surface area (Å²) in [4.78, 5) is 1.69. The molecular weight excluding hydrogens is 304 g/mol. The summed E-state index contributed by atoms with van der Waals surface area (Å²) in [6, 6.07) is 14.4. The molecule has 5 nitrogen and oxygen atoms in total. The van der Waals surface area contributed by atoms with Crippen molar-refractivity contribution in [2.75, 3.05) is 26.3 Å². The molecule has 0 spiro atoms. The van der Waals surface area contributed by atoms with Crippen molar-refractivity contribution in [2.45, 2.75) is 12.7 Å². The van der Waals surface area contributed by atoms with Gasteiger partial charge in [0.2, 0.25) is 0 Å². The first-order valence-electron chi connectivity index (χ1n) is 8.07. The van der Waals surface area contributed by atoms with Crippen molar-refractivity contribution in [1.29, 1.82) is 5.26 Å². The van der Waals surface area contributed by atoms with Crippen LogP contribution in [0.15, 0.2) is 42.5 Å². The molecule has 0 saturated carbocycles. The van der Waals surface area contributed by atoms with Crippen LogP contribution < -0.4 is 9.47 Å². The van der Waals surface area contributed by atoms with Crippen LogP contribution in [0.5, 0.6) is 11.5 Å². The van der Waals surface area contributed by atoms with Crippen molar-refractivity contribution in [3.05, 3.63) is 48.0 Å². The van der Waals surface area contributed by atoms with Crippen LogP contribution in [0.1, 0.15) is 5.56 Å². The molecule has 0 amide bonds. The lowest BCUT2D eigenvalue weighted by Crippen LogP contribution is -2.49. The molecule has 0 radical (unpaired) electrons. The second-order valence-electron chi connectivity index (χ2n) is 5.99. The monoisotopic (exact) mass is 322 g/mol. The number of hydrogen-bond acceptors (Lipinski definition) is 5. The molecule has 0 bridgehead atoms. The second kappa shape index (κ2) is 6.42. The molecule has 1 fully saturated rings. The van der Waals surface area contributed by atoms with Crippen LogP contribution in [-0.4, -0.2) is 37.3 Å². The van der Waals surface area contributed by atoms with Crippen LogP contribution in [0, 0.1) is 11.5 Å². The van der Waals surface area contributed by atoms with E-state index in [4.69, 9.17) is 19.5 Å². The van der Waals surface area contributed by atoms with Crippen molar-refractivity contribution in [3.63, 3.8) is 0 Å². The molecule has 2 aromatic rings. The van der Waals surface area contributed by atoms with E-state index in [1.807, 2.05) is 18.2 Å². The molecule has 122 valence electrons. The zero-order chi connectivity index (χ0) is 16.4. The van der Waals surface area contributed by atoms with Gasteiger partial charge in [0, 0.05) is 0 Å². The number of likely N-dealkylation sites (tertiary alicyclic amines) is 1. The highest BCUT2D eigenvalue weighted by molar-refractivity contribution is 5.67. The summed E-state index contributed by atoms with van der Waals surface area (Å²) in [6.07, 6.45) is 2.28. The van der Waals surface area contributed by atoms with E-state index >= 15 is 0 Å². The van der Waals surface area contributed by atoms with E-state index in [2.05, 4.69) is 30.5 Å². The molecule has 4 rings (SSSR count). The predicted octanol–water partition coefficient (Wildman–Crippen LogP) is 2.81. The van der Waals surface area contributed by atoms with Crippen LogP contribution in [0.25, 0.3) is 11.1 Å². The first-order chi connectivity index (χ1) is 11.8. The van der Waals surface area contributed by atoms with Gasteiger partial charge < -0.3 is 19.1 Å². The van der Waals surface area contributed by atoms with E-state index in [1.54, 1.807) is 4.90 Å². The Labute approximate surface area is 141 Å². The molecule has 2 aromatic carbocycles. The van der Waals surface area contributed by atoms with Crippen molar-refractivity contribution in [1.82, 2.24) is 4.90 Å². The van der Waals surface area contributed by atoms with E-state index in [1.165, 1.54) is 0 Å². The minimum absolute atomic E-state index is 0.169. The van der Waals surface area contributed by atoms with E-state index in [0.717, 1.165) is 28.2 Å². The van der Waals surface area contributed by atoms with Crippen LogP contribution in [0.3, 0.4) is 0 Å². The molecule has 0 aromatic heterocycles. The summed E-state index contributed by atoms with van der Waals surface area (Å²) in [5.74, 6) is 1.61. The highest BCUT2D eigenvalue weighted by Crippen LogP contribution is 2.34. The summed E-state index contributed by atoms with van der Waals surface area (Å²) in [7, 11) is 0. The fourth-order valence-electron chi connectivity index (χ4n) is 2.86. The number of hydrogen-bond donors (Lipinski definition) is 0. The minimum Gasteiger partial charge on any atom is -0.486 e. The molecule has 0 aliphatic carbocycles. The van der Waals surface area contributed by atoms with Gasteiger partial charge in [-0.2, -0.15) is 5.26 Å². The van der Waals surface area contributed by atoms with Gasteiger partial charge in [0.15, 0.2) is 17.7 Å². The summed E-state index contributed by atoms with van der Waals surface area (Å²) in [5, 5.41) is 8.71. The van der Waals surface area contributed by atoms with Crippen LogP contribution in [0.4, 0.5) is 0 Å². The Morgan fingerprint density at radius 1 is 1.00 bits per heavy atom. The quantitative estimate of drug-likeness (QED) is 0.810. The third-order valence-corrected chi connectivity index (χ3v) is 4.30. The molecule has 2 aliphatic heterocycles. The molecule has 0 atom stereocenters. The summed E-state index contributed by atoms with van der Waals surface area (Å²) >= 11 is 0. The van der Waals surface area contributed by atoms with Gasteiger partial charge >= 0.3 is 0 Å². The highest BCUT2D eigenvalue weighted by atomic mass is 16.6. The maximum atomic E-state index is 8.71. The van der Waals surface area contributed by atoms with Gasteiger partial charge in [0.1, 0.15) is 13.2 Å². The van der Waals surface area contributed by atoms with E-state index < -0.39 is 0 Å². The van der Waals surface area contributed by atoms with Crippen LogP contribution >= 0.6 is 0 Å². The van der Waals surface area contributed by atoms with Gasteiger partial charge in [-0.1, -0.05) is 30.3 Å². The van der Waals surface area contributed by atoms with E-state index in [0.29, 0.717) is 32.9 Å². The second-order valence-corrected chi connectivity index (χ2v) is 5.99. The highest BCUT2D eigenvalue weighted by Gasteiger charge is 2.26. The Morgan fingerprint density at radius 3 is 2.46 bits per heavy atom. The molecule has 5 heteroatoms. The number of rotatable bonds is 4. The number of benzene rings is 2. The fourth-order valence-corrected chi connectivity index (χ4v) is 2.86. The smallest absolute Gasteiger partial charge is 0.179 e. The van der Waals surface area contributed by atoms with E-state index in [-0.39, 0.29) is 6.10 Å².